The van der Waals surface area contributed by atoms with E-state index in [0.717, 1.165) is 23.3 Å². The molecule has 2 aromatic heterocycles. The van der Waals surface area contributed by atoms with Crippen molar-refractivity contribution in [3.05, 3.63) is 44.1 Å². The molecule has 1 N–H and O–H groups in total. The number of halogens is 2. The standard InChI is InChI=1S/C11H10BrClN2S/c12-9-5-10(13)11(15-6-9)14-3-1-8-2-4-16-7-8/h2,4-7H,1,3H2,(H,14,15). The van der Waals surface area contributed by atoms with Gasteiger partial charge >= 0.3 is 0 Å². The first kappa shape index (κ1) is 11.9. The molecule has 0 amide bonds. The van der Waals surface area contributed by atoms with E-state index in [1.54, 1.807) is 17.5 Å². The van der Waals surface area contributed by atoms with E-state index in [1.807, 2.05) is 6.07 Å². The Kier molecular flexibility index (Phi) is 4.21. The summed E-state index contributed by atoms with van der Waals surface area (Å²) in [6.45, 7) is 0.838. The van der Waals surface area contributed by atoms with Crippen LogP contribution in [0.5, 0.6) is 0 Å². The normalized spacial score (nSPS) is 10.4. The maximum absolute atomic E-state index is 6.04. The highest BCUT2D eigenvalue weighted by molar-refractivity contribution is 9.10. The Hall–Kier alpha value is -0.580. The summed E-state index contributed by atoms with van der Waals surface area (Å²) in [5.74, 6) is 0.736. The van der Waals surface area contributed by atoms with Crippen molar-refractivity contribution < 1.29 is 0 Å². The second kappa shape index (κ2) is 5.66. The Morgan fingerprint density at radius 1 is 1.50 bits per heavy atom. The van der Waals surface area contributed by atoms with Crippen molar-refractivity contribution in [3.63, 3.8) is 0 Å². The van der Waals surface area contributed by atoms with E-state index in [0.29, 0.717) is 5.02 Å². The van der Waals surface area contributed by atoms with Crippen LogP contribution in [-0.2, 0) is 6.42 Å². The second-order valence-electron chi connectivity index (χ2n) is 3.29. The topological polar surface area (TPSA) is 24.9 Å². The molecule has 0 radical (unpaired) electrons. The summed E-state index contributed by atoms with van der Waals surface area (Å²) < 4.78 is 0.890. The molecule has 84 valence electrons. The summed E-state index contributed by atoms with van der Waals surface area (Å²) in [6.07, 6.45) is 2.72. The van der Waals surface area contributed by atoms with Gasteiger partial charge in [-0.2, -0.15) is 11.3 Å². The second-order valence-corrected chi connectivity index (χ2v) is 5.40. The zero-order valence-electron chi connectivity index (χ0n) is 8.41. The lowest BCUT2D eigenvalue weighted by molar-refractivity contribution is 1.01. The van der Waals surface area contributed by atoms with Crippen LogP contribution >= 0.6 is 38.9 Å². The van der Waals surface area contributed by atoms with E-state index in [2.05, 4.69) is 43.1 Å². The molecule has 0 bridgehead atoms. The third-order valence-electron chi connectivity index (χ3n) is 2.09. The number of nitrogens with zero attached hydrogens (tertiary/aromatic N) is 1. The molecule has 2 rings (SSSR count). The van der Waals surface area contributed by atoms with Crippen LogP contribution in [0, 0.1) is 0 Å². The fourth-order valence-electron chi connectivity index (χ4n) is 1.30. The van der Waals surface area contributed by atoms with Crippen molar-refractivity contribution in [1.29, 1.82) is 0 Å². The highest BCUT2D eigenvalue weighted by Crippen LogP contribution is 2.22. The minimum absolute atomic E-state index is 0.639. The Morgan fingerprint density at radius 2 is 2.38 bits per heavy atom. The number of aromatic nitrogens is 1. The lowest BCUT2D eigenvalue weighted by Gasteiger charge is -2.06. The summed E-state index contributed by atoms with van der Waals surface area (Å²) >= 11 is 11.1. The van der Waals surface area contributed by atoms with Crippen molar-refractivity contribution in [2.24, 2.45) is 0 Å². The van der Waals surface area contributed by atoms with Gasteiger partial charge in [-0.3, -0.25) is 0 Å². The smallest absolute Gasteiger partial charge is 0.144 e. The molecule has 2 nitrogen and oxygen atoms in total. The Morgan fingerprint density at radius 3 is 3.06 bits per heavy atom. The molecule has 0 saturated heterocycles. The van der Waals surface area contributed by atoms with E-state index in [4.69, 9.17) is 11.6 Å². The van der Waals surface area contributed by atoms with E-state index < -0.39 is 0 Å². The van der Waals surface area contributed by atoms with Crippen LogP contribution < -0.4 is 5.32 Å². The predicted octanol–water partition coefficient (Wildman–Crippen LogP) is 4.21. The van der Waals surface area contributed by atoms with Crippen molar-refractivity contribution in [2.45, 2.75) is 6.42 Å². The van der Waals surface area contributed by atoms with E-state index in [-0.39, 0.29) is 0 Å². The number of hydrogen-bond acceptors (Lipinski definition) is 3. The van der Waals surface area contributed by atoms with Gasteiger partial charge < -0.3 is 5.32 Å². The van der Waals surface area contributed by atoms with Crippen molar-refractivity contribution in [1.82, 2.24) is 4.98 Å². The summed E-state index contributed by atoms with van der Waals surface area (Å²) in [6, 6.07) is 3.96. The number of pyridine rings is 1. The molecule has 5 heteroatoms. The lowest BCUT2D eigenvalue weighted by Crippen LogP contribution is -2.06. The van der Waals surface area contributed by atoms with Crippen molar-refractivity contribution in [3.8, 4) is 0 Å². The van der Waals surface area contributed by atoms with Crippen LogP contribution in [0.2, 0.25) is 5.02 Å². The minimum Gasteiger partial charge on any atom is -0.369 e. The molecular weight excluding hydrogens is 308 g/mol. The number of hydrogen-bond donors (Lipinski definition) is 1. The number of thiophene rings is 1. The molecule has 0 aromatic carbocycles. The van der Waals surface area contributed by atoms with Gasteiger partial charge in [-0.1, -0.05) is 11.6 Å². The maximum Gasteiger partial charge on any atom is 0.144 e. The maximum atomic E-state index is 6.04. The summed E-state index contributed by atoms with van der Waals surface area (Å²) in [5, 5.41) is 8.09. The van der Waals surface area contributed by atoms with Crippen LogP contribution in [0.3, 0.4) is 0 Å². The van der Waals surface area contributed by atoms with Gasteiger partial charge in [-0.25, -0.2) is 4.98 Å². The SMILES string of the molecule is Clc1cc(Br)cnc1NCCc1ccsc1. The third kappa shape index (κ3) is 3.20. The molecule has 0 spiro atoms. The van der Waals surface area contributed by atoms with Gasteiger partial charge in [0.2, 0.25) is 0 Å². The Balaban J connectivity index is 1.90. The van der Waals surface area contributed by atoms with Crippen LogP contribution in [0.15, 0.2) is 33.6 Å². The molecule has 0 saturated carbocycles. The number of anilines is 1. The number of nitrogens with one attached hydrogen (secondary N) is 1. The zero-order chi connectivity index (χ0) is 11.4. The van der Waals surface area contributed by atoms with E-state index in [1.165, 1.54) is 5.56 Å². The molecule has 2 heterocycles. The van der Waals surface area contributed by atoms with Gasteiger partial charge in [0.15, 0.2) is 0 Å². The van der Waals surface area contributed by atoms with Crippen molar-refractivity contribution >= 4 is 44.7 Å². The molecule has 0 aliphatic rings. The van der Waals surface area contributed by atoms with Crippen LogP contribution in [0.1, 0.15) is 5.56 Å². The first-order chi connectivity index (χ1) is 7.75. The molecule has 2 aromatic rings. The molecule has 0 aliphatic carbocycles. The van der Waals surface area contributed by atoms with Gasteiger partial charge in [0.05, 0.1) is 5.02 Å². The van der Waals surface area contributed by atoms with Crippen molar-refractivity contribution in [2.75, 3.05) is 11.9 Å². The predicted molar refractivity (Wildman–Crippen MR) is 73.5 cm³/mol. The van der Waals surface area contributed by atoms with E-state index >= 15 is 0 Å². The average Bonchev–Trinajstić information content (AvgIpc) is 2.74. The highest BCUT2D eigenvalue weighted by Gasteiger charge is 2.01. The Bertz CT molecular complexity index is 459. The highest BCUT2D eigenvalue weighted by atomic mass is 79.9. The summed E-state index contributed by atoms with van der Waals surface area (Å²) in [4.78, 5) is 4.21. The first-order valence-corrected chi connectivity index (χ1v) is 6.93. The molecule has 0 atom stereocenters. The minimum atomic E-state index is 0.639. The van der Waals surface area contributed by atoms with Crippen LogP contribution in [-0.4, -0.2) is 11.5 Å². The summed E-state index contributed by atoms with van der Waals surface area (Å²) in [7, 11) is 0. The molecular formula is C11H10BrClN2S. The average molecular weight is 318 g/mol. The zero-order valence-corrected chi connectivity index (χ0v) is 11.6. The van der Waals surface area contributed by atoms with Gasteiger partial charge in [0, 0.05) is 17.2 Å². The quantitative estimate of drug-likeness (QED) is 0.913. The van der Waals surface area contributed by atoms with Gasteiger partial charge in [-0.05, 0) is 50.8 Å². The van der Waals surface area contributed by atoms with Crippen LogP contribution in [0.25, 0.3) is 0 Å². The molecule has 16 heavy (non-hydrogen) atoms. The molecule has 0 aliphatic heterocycles. The fourth-order valence-corrected chi connectivity index (χ4v) is 2.70. The summed E-state index contributed by atoms with van der Waals surface area (Å²) in [5.41, 5.74) is 1.34. The Labute approximate surface area is 112 Å². The fraction of sp³-hybridized carbons (Fsp3) is 0.182. The van der Waals surface area contributed by atoms with Gasteiger partial charge in [0.1, 0.15) is 5.82 Å². The third-order valence-corrected chi connectivity index (χ3v) is 3.55. The number of rotatable bonds is 4. The largest absolute Gasteiger partial charge is 0.369 e. The van der Waals surface area contributed by atoms with Crippen LogP contribution in [0.4, 0.5) is 5.82 Å². The van der Waals surface area contributed by atoms with Gasteiger partial charge in [0.25, 0.3) is 0 Å². The monoisotopic (exact) mass is 316 g/mol. The lowest BCUT2D eigenvalue weighted by atomic mass is 10.2. The first-order valence-electron chi connectivity index (χ1n) is 4.81. The van der Waals surface area contributed by atoms with E-state index in [9.17, 15) is 0 Å². The molecule has 0 fully saturated rings. The van der Waals surface area contributed by atoms with Gasteiger partial charge in [-0.15, -0.1) is 0 Å². The molecule has 0 unspecified atom stereocenters.